The molecule has 0 aliphatic rings. The lowest BCUT2D eigenvalue weighted by Gasteiger charge is -2.13. The van der Waals surface area contributed by atoms with Crippen molar-refractivity contribution in [3.8, 4) is 5.75 Å². The van der Waals surface area contributed by atoms with Gasteiger partial charge in [-0.15, -0.1) is 24.0 Å². The molecule has 29 heavy (non-hydrogen) atoms. The minimum atomic E-state index is -3.62. The zero-order valence-electron chi connectivity index (χ0n) is 16.5. The van der Waals surface area contributed by atoms with Gasteiger partial charge in [-0.3, -0.25) is 9.71 Å². The molecule has 160 valence electrons. The Morgan fingerprint density at radius 2 is 1.83 bits per heavy atom. The molecule has 0 radical (unpaired) electrons. The zero-order chi connectivity index (χ0) is 20.6. The van der Waals surface area contributed by atoms with E-state index in [-0.39, 0.29) is 42.0 Å². The lowest BCUT2D eigenvalue weighted by atomic mass is 10.2. The maximum atomic E-state index is 13.5. The van der Waals surface area contributed by atoms with Crippen LogP contribution in [0.25, 0.3) is 0 Å². The van der Waals surface area contributed by atoms with E-state index in [1.165, 1.54) is 12.1 Å². The van der Waals surface area contributed by atoms with Gasteiger partial charge < -0.3 is 15.4 Å². The van der Waals surface area contributed by atoms with Crippen LogP contribution in [-0.4, -0.2) is 40.8 Å². The van der Waals surface area contributed by atoms with Crippen LogP contribution in [0.5, 0.6) is 5.75 Å². The Morgan fingerprint density at radius 1 is 1.14 bits per heavy atom. The second-order valence-electron chi connectivity index (χ2n) is 6.09. The number of halogens is 2. The minimum Gasteiger partial charge on any atom is -0.497 e. The number of anilines is 1. The van der Waals surface area contributed by atoms with Crippen molar-refractivity contribution in [2.24, 2.45) is 4.99 Å². The van der Waals surface area contributed by atoms with E-state index in [1.807, 2.05) is 24.3 Å². The summed E-state index contributed by atoms with van der Waals surface area (Å²) in [5, 5.41) is 6.05. The number of nitrogens with zero attached hydrogens (tertiary/aromatic N) is 1. The van der Waals surface area contributed by atoms with Crippen molar-refractivity contribution in [3.05, 3.63) is 59.4 Å². The smallest absolute Gasteiger partial charge is 0.234 e. The third-order valence-electron chi connectivity index (χ3n) is 3.95. The van der Waals surface area contributed by atoms with Crippen molar-refractivity contribution < 1.29 is 17.5 Å². The molecule has 0 bridgehead atoms. The number of ether oxygens (including phenoxy) is 1. The van der Waals surface area contributed by atoms with Gasteiger partial charge in [0.2, 0.25) is 10.0 Å². The van der Waals surface area contributed by atoms with Crippen LogP contribution < -0.4 is 20.1 Å². The van der Waals surface area contributed by atoms with Crippen LogP contribution in [0.1, 0.15) is 11.1 Å². The maximum Gasteiger partial charge on any atom is 0.234 e. The van der Waals surface area contributed by atoms with Gasteiger partial charge >= 0.3 is 0 Å². The van der Waals surface area contributed by atoms with E-state index in [0.29, 0.717) is 18.1 Å². The molecule has 2 rings (SSSR count). The van der Waals surface area contributed by atoms with Crippen molar-refractivity contribution in [2.75, 3.05) is 31.2 Å². The van der Waals surface area contributed by atoms with E-state index in [1.54, 1.807) is 21.1 Å². The molecule has 0 heterocycles. The van der Waals surface area contributed by atoms with Gasteiger partial charge in [0.1, 0.15) is 11.6 Å². The molecule has 0 atom stereocenters. The van der Waals surface area contributed by atoms with E-state index in [0.717, 1.165) is 17.4 Å². The van der Waals surface area contributed by atoms with Crippen molar-refractivity contribution in [1.82, 2.24) is 10.6 Å². The van der Waals surface area contributed by atoms with Crippen LogP contribution >= 0.6 is 24.0 Å². The number of hydrogen-bond acceptors (Lipinski definition) is 4. The lowest BCUT2D eigenvalue weighted by Crippen LogP contribution is -2.39. The van der Waals surface area contributed by atoms with E-state index >= 15 is 0 Å². The number of guanidine groups is 1. The van der Waals surface area contributed by atoms with Crippen LogP contribution in [-0.2, 0) is 16.6 Å². The van der Waals surface area contributed by atoms with E-state index in [9.17, 15) is 12.8 Å². The fraction of sp³-hybridized carbons (Fsp3) is 0.316. The zero-order valence-corrected chi connectivity index (χ0v) is 19.7. The Labute approximate surface area is 188 Å². The predicted molar refractivity (Wildman–Crippen MR) is 125 cm³/mol. The topological polar surface area (TPSA) is 91.8 Å². The highest BCUT2D eigenvalue weighted by atomic mass is 127. The average Bonchev–Trinajstić information content (AvgIpc) is 2.67. The number of sulfonamides is 1. The third kappa shape index (κ3) is 8.44. The highest BCUT2D eigenvalue weighted by Crippen LogP contribution is 2.15. The van der Waals surface area contributed by atoms with Crippen molar-refractivity contribution in [2.45, 2.75) is 13.5 Å². The first-order chi connectivity index (χ1) is 13.3. The van der Waals surface area contributed by atoms with E-state index in [2.05, 4.69) is 20.3 Å². The van der Waals surface area contributed by atoms with Crippen LogP contribution in [0.3, 0.4) is 0 Å². The molecule has 10 heteroatoms. The summed E-state index contributed by atoms with van der Waals surface area (Å²) >= 11 is 0. The van der Waals surface area contributed by atoms with Crippen molar-refractivity contribution in [3.63, 3.8) is 0 Å². The van der Waals surface area contributed by atoms with Gasteiger partial charge in [0.05, 0.1) is 18.6 Å². The molecular formula is C19H26FIN4O3S. The molecular weight excluding hydrogens is 510 g/mol. The summed E-state index contributed by atoms with van der Waals surface area (Å²) in [7, 11) is -0.408. The first kappa shape index (κ1) is 25.0. The van der Waals surface area contributed by atoms with Crippen LogP contribution in [0.2, 0.25) is 0 Å². The Morgan fingerprint density at radius 3 is 2.41 bits per heavy atom. The van der Waals surface area contributed by atoms with E-state index in [4.69, 9.17) is 4.74 Å². The van der Waals surface area contributed by atoms with Gasteiger partial charge in [0.15, 0.2) is 5.96 Å². The highest BCUT2D eigenvalue weighted by Gasteiger charge is 2.12. The van der Waals surface area contributed by atoms with Crippen molar-refractivity contribution >= 4 is 45.6 Å². The summed E-state index contributed by atoms with van der Waals surface area (Å²) < 4.78 is 45.3. The standard InChI is InChI=1S/C19H25FN4O3S.HI/c1-14-4-7-16(12-18(14)20)24-28(25,26)11-10-22-19(21-2)23-13-15-5-8-17(27-3)9-6-15;/h4-9,12,24H,10-11,13H2,1-3H3,(H2,21,22,23);1H. The molecule has 2 aromatic carbocycles. The second-order valence-corrected chi connectivity index (χ2v) is 7.93. The van der Waals surface area contributed by atoms with Gasteiger partial charge in [-0.2, -0.15) is 0 Å². The van der Waals surface area contributed by atoms with Crippen LogP contribution in [0.4, 0.5) is 10.1 Å². The molecule has 0 spiro atoms. The average molecular weight is 536 g/mol. The van der Waals surface area contributed by atoms with Gasteiger partial charge in [-0.05, 0) is 42.3 Å². The SMILES string of the molecule is CN=C(NCCS(=O)(=O)Nc1ccc(C)c(F)c1)NCc1ccc(OC)cc1.I. The molecule has 0 unspecified atom stereocenters. The van der Waals surface area contributed by atoms with E-state index < -0.39 is 15.8 Å². The fourth-order valence-corrected chi connectivity index (χ4v) is 3.30. The Bertz CT molecular complexity index is 922. The first-order valence-corrected chi connectivity index (χ1v) is 10.3. The Kier molecular flexibility index (Phi) is 10.2. The predicted octanol–water partition coefficient (Wildman–Crippen LogP) is 2.87. The molecule has 0 amide bonds. The largest absolute Gasteiger partial charge is 0.497 e. The summed E-state index contributed by atoms with van der Waals surface area (Å²) in [4.78, 5) is 4.07. The van der Waals surface area contributed by atoms with Gasteiger partial charge in [-0.1, -0.05) is 18.2 Å². The molecule has 0 aliphatic heterocycles. The number of aliphatic imine (C=N–C) groups is 1. The Balaban J connectivity index is 0.00000420. The molecule has 0 saturated heterocycles. The maximum absolute atomic E-state index is 13.5. The molecule has 0 aromatic heterocycles. The fourth-order valence-electron chi connectivity index (χ4n) is 2.34. The highest BCUT2D eigenvalue weighted by molar-refractivity contribution is 14.0. The third-order valence-corrected chi connectivity index (χ3v) is 5.24. The molecule has 7 nitrogen and oxygen atoms in total. The summed E-state index contributed by atoms with van der Waals surface area (Å²) in [6.07, 6.45) is 0. The summed E-state index contributed by atoms with van der Waals surface area (Å²) in [5.41, 5.74) is 1.68. The van der Waals surface area contributed by atoms with Crippen LogP contribution in [0.15, 0.2) is 47.5 Å². The monoisotopic (exact) mass is 536 g/mol. The summed E-state index contributed by atoms with van der Waals surface area (Å²) in [6.45, 7) is 2.28. The number of benzene rings is 2. The van der Waals surface area contributed by atoms with Gasteiger partial charge in [0, 0.05) is 20.1 Å². The molecule has 3 N–H and O–H groups in total. The van der Waals surface area contributed by atoms with Gasteiger partial charge in [-0.25, -0.2) is 12.8 Å². The van der Waals surface area contributed by atoms with Gasteiger partial charge in [0.25, 0.3) is 0 Å². The molecule has 0 saturated carbocycles. The van der Waals surface area contributed by atoms with Crippen LogP contribution in [0, 0.1) is 12.7 Å². The quantitative estimate of drug-likeness (QED) is 0.274. The number of aryl methyl sites for hydroxylation is 1. The minimum absolute atomic E-state index is 0. The number of rotatable bonds is 8. The number of hydrogen-bond donors (Lipinski definition) is 3. The summed E-state index contributed by atoms with van der Waals surface area (Å²) in [5.74, 6) is 0.609. The lowest BCUT2D eigenvalue weighted by molar-refractivity contribution is 0.414. The second kappa shape index (κ2) is 11.8. The molecule has 0 fully saturated rings. The normalized spacial score (nSPS) is 11.4. The Hall–Kier alpha value is -2.08. The molecule has 0 aliphatic carbocycles. The van der Waals surface area contributed by atoms with Crippen molar-refractivity contribution in [1.29, 1.82) is 0 Å². The number of methoxy groups -OCH3 is 1. The first-order valence-electron chi connectivity index (χ1n) is 8.67. The molecule has 2 aromatic rings. The summed E-state index contributed by atoms with van der Waals surface area (Å²) in [6, 6.07) is 11.8. The number of nitrogens with one attached hydrogen (secondary N) is 3.